The van der Waals surface area contributed by atoms with Gasteiger partial charge in [-0.05, 0) is 45.4 Å². The van der Waals surface area contributed by atoms with Gasteiger partial charge in [0.25, 0.3) is 0 Å². The predicted molar refractivity (Wildman–Crippen MR) is 150 cm³/mol. The Balaban J connectivity index is 1.49. The summed E-state index contributed by atoms with van der Waals surface area (Å²) >= 11 is 0. The molecule has 0 unspecified atom stereocenters. The number of benzene rings is 1. The molecule has 1 saturated heterocycles. The molecule has 1 fully saturated rings. The molecule has 2 atom stereocenters. The minimum absolute atomic E-state index is 0.0765. The van der Waals surface area contributed by atoms with Crippen molar-refractivity contribution in [1.29, 1.82) is 0 Å². The van der Waals surface area contributed by atoms with Crippen LogP contribution in [0.2, 0.25) is 0 Å². The van der Waals surface area contributed by atoms with Crippen molar-refractivity contribution in [2.75, 3.05) is 24.2 Å². The smallest absolute Gasteiger partial charge is 0.410 e. The van der Waals surface area contributed by atoms with Gasteiger partial charge in [-0.25, -0.2) is 36.9 Å². The fraction of sp³-hybridized carbons (Fsp3) is 0.500. The number of sulfone groups is 1. The topological polar surface area (TPSA) is 114 Å². The molecule has 0 saturated carbocycles. The standard InChI is InChI=1S/C28H32F5N5O4S/c1-16-9-22(17-5-6-18(21(30)10-17)15-43(40,41)8-7-28(31,32)33)36-23-12-34-25(37-24(16)23)35-20-11-19(29)13-38(14-20)26(39)42-27(2,3)4/h5-6,9-10,12,19-20H,7-8,11,13-15H2,1-4H3,(H,34,35,37)/t19-,20-/m0/s1. The first kappa shape index (κ1) is 32.3. The maximum Gasteiger partial charge on any atom is 0.410 e. The van der Waals surface area contributed by atoms with Gasteiger partial charge in [0.15, 0.2) is 9.84 Å². The molecule has 1 aliphatic rings. The van der Waals surface area contributed by atoms with Crippen molar-refractivity contribution in [3.63, 3.8) is 0 Å². The molecule has 1 N–H and O–H groups in total. The van der Waals surface area contributed by atoms with Crippen molar-refractivity contribution >= 4 is 32.9 Å². The van der Waals surface area contributed by atoms with E-state index in [1.807, 2.05) is 0 Å². The molecule has 3 heterocycles. The Bertz CT molecular complexity index is 1610. The average Bonchev–Trinajstić information content (AvgIpc) is 2.87. The summed E-state index contributed by atoms with van der Waals surface area (Å²) in [5, 5.41) is 3.07. The second-order valence-electron chi connectivity index (χ2n) is 11.6. The Morgan fingerprint density at radius 3 is 2.51 bits per heavy atom. The molecule has 15 heteroatoms. The van der Waals surface area contributed by atoms with Crippen LogP contribution in [0.5, 0.6) is 0 Å². The molecule has 2 aromatic heterocycles. The Kier molecular flexibility index (Phi) is 9.14. The van der Waals surface area contributed by atoms with Crippen LogP contribution in [0.25, 0.3) is 22.3 Å². The van der Waals surface area contributed by atoms with E-state index in [4.69, 9.17) is 4.74 Å². The molecule has 0 bridgehead atoms. The Labute approximate surface area is 245 Å². The van der Waals surface area contributed by atoms with Crippen LogP contribution in [-0.4, -0.2) is 77.2 Å². The molecule has 9 nitrogen and oxygen atoms in total. The van der Waals surface area contributed by atoms with Gasteiger partial charge >= 0.3 is 12.3 Å². The van der Waals surface area contributed by atoms with Gasteiger partial charge in [-0.2, -0.15) is 13.2 Å². The number of pyridine rings is 1. The number of aromatic nitrogens is 3. The highest BCUT2D eigenvalue weighted by Gasteiger charge is 2.33. The van der Waals surface area contributed by atoms with Crippen molar-refractivity contribution < 1.29 is 39.9 Å². The zero-order valence-electron chi connectivity index (χ0n) is 24.0. The van der Waals surface area contributed by atoms with Crippen molar-refractivity contribution in [2.24, 2.45) is 0 Å². The summed E-state index contributed by atoms with van der Waals surface area (Å²) in [7, 11) is -4.18. The van der Waals surface area contributed by atoms with E-state index in [0.29, 0.717) is 27.9 Å². The van der Waals surface area contributed by atoms with E-state index in [-0.39, 0.29) is 31.0 Å². The lowest BCUT2D eigenvalue weighted by Crippen LogP contribution is -2.51. The molecule has 3 aromatic rings. The molecule has 1 amide bonds. The highest BCUT2D eigenvalue weighted by atomic mass is 32.2. The fourth-order valence-electron chi connectivity index (χ4n) is 4.60. The van der Waals surface area contributed by atoms with Crippen LogP contribution in [0, 0.1) is 12.7 Å². The Morgan fingerprint density at radius 1 is 1.14 bits per heavy atom. The number of carbonyl (C=O) groups excluding carboxylic acids is 1. The average molecular weight is 630 g/mol. The molecule has 43 heavy (non-hydrogen) atoms. The van der Waals surface area contributed by atoms with Gasteiger partial charge in [0.2, 0.25) is 5.95 Å². The number of hydrogen-bond donors (Lipinski definition) is 1. The predicted octanol–water partition coefficient (Wildman–Crippen LogP) is 5.77. The number of nitrogens with zero attached hydrogens (tertiary/aromatic N) is 4. The molecular formula is C28H32F5N5O4S. The number of hydrogen-bond acceptors (Lipinski definition) is 8. The largest absolute Gasteiger partial charge is 0.444 e. The number of aryl methyl sites for hydroxylation is 1. The Morgan fingerprint density at radius 2 is 1.86 bits per heavy atom. The minimum atomic E-state index is -4.63. The first-order chi connectivity index (χ1) is 19.9. The molecule has 1 aliphatic heterocycles. The maximum absolute atomic E-state index is 14.8. The van der Waals surface area contributed by atoms with E-state index in [1.165, 1.54) is 23.2 Å². The van der Waals surface area contributed by atoms with Gasteiger partial charge in [0.1, 0.15) is 23.1 Å². The zero-order chi connectivity index (χ0) is 31.7. The molecule has 4 rings (SSSR count). The van der Waals surface area contributed by atoms with Gasteiger partial charge in [0.05, 0.1) is 41.9 Å². The number of amides is 1. The summed E-state index contributed by atoms with van der Waals surface area (Å²) in [5.41, 5.74) is 1.22. The van der Waals surface area contributed by atoms with Crippen molar-refractivity contribution in [1.82, 2.24) is 19.9 Å². The summed E-state index contributed by atoms with van der Waals surface area (Å²) in [6, 6.07) is 4.90. The highest BCUT2D eigenvalue weighted by Crippen LogP contribution is 2.28. The quantitative estimate of drug-likeness (QED) is 0.328. The molecule has 0 aliphatic carbocycles. The minimum Gasteiger partial charge on any atom is -0.444 e. The van der Waals surface area contributed by atoms with Crippen molar-refractivity contribution in [3.8, 4) is 11.3 Å². The SMILES string of the molecule is Cc1cc(-c2ccc(CS(=O)(=O)CCC(F)(F)F)c(F)c2)nc2cnc(N[C@H]3C[C@H](F)CN(C(=O)OC(C)(C)C)C3)nc12. The molecule has 0 radical (unpaired) electrons. The summed E-state index contributed by atoms with van der Waals surface area (Å²) in [4.78, 5) is 27.0. The number of rotatable bonds is 7. The van der Waals surface area contributed by atoms with Gasteiger partial charge in [-0.1, -0.05) is 12.1 Å². The summed E-state index contributed by atoms with van der Waals surface area (Å²) in [6.07, 6.45) is -6.43. The van der Waals surface area contributed by atoms with Crippen LogP contribution in [-0.2, 0) is 20.3 Å². The van der Waals surface area contributed by atoms with Crippen molar-refractivity contribution in [3.05, 3.63) is 47.4 Å². The lowest BCUT2D eigenvalue weighted by atomic mass is 10.0. The first-order valence-corrected chi connectivity index (χ1v) is 15.3. The summed E-state index contributed by atoms with van der Waals surface area (Å²) in [6.45, 7) is 7.06. The normalized spacial score (nSPS) is 18.1. The van der Waals surface area contributed by atoms with Crippen LogP contribution in [0.4, 0.5) is 32.7 Å². The van der Waals surface area contributed by atoms with Gasteiger partial charge in [-0.15, -0.1) is 0 Å². The third kappa shape index (κ3) is 8.94. The number of ether oxygens (including phenoxy) is 1. The number of nitrogens with one attached hydrogen (secondary N) is 1. The van der Waals surface area contributed by atoms with E-state index < -0.39 is 63.7 Å². The molecule has 0 spiro atoms. The van der Waals surface area contributed by atoms with Crippen molar-refractivity contribution in [2.45, 2.75) is 70.3 Å². The second kappa shape index (κ2) is 12.2. The maximum atomic E-state index is 14.8. The molecule has 234 valence electrons. The van der Waals surface area contributed by atoms with Crippen LogP contribution >= 0.6 is 0 Å². The first-order valence-electron chi connectivity index (χ1n) is 13.5. The van der Waals surface area contributed by atoms with Crippen LogP contribution < -0.4 is 5.32 Å². The number of alkyl halides is 4. The lowest BCUT2D eigenvalue weighted by molar-refractivity contribution is -0.129. The second-order valence-corrected chi connectivity index (χ2v) is 13.8. The third-order valence-corrected chi connectivity index (χ3v) is 8.12. The molecular weight excluding hydrogens is 597 g/mol. The highest BCUT2D eigenvalue weighted by molar-refractivity contribution is 7.90. The van der Waals surface area contributed by atoms with E-state index in [0.717, 1.165) is 6.07 Å². The fourth-order valence-corrected chi connectivity index (χ4v) is 6.00. The number of carbonyl (C=O) groups is 1. The van der Waals surface area contributed by atoms with E-state index in [2.05, 4.69) is 20.3 Å². The van der Waals surface area contributed by atoms with E-state index in [1.54, 1.807) is 33.8 Å². The number of fused-ring (bicyclic) bond motifs is 1. The number of anilines is 1. The zero-order valence-corrected chi connectivity index (χ0v) is 24.8. The number of piperidine rings is 1. The van der Waals surface area contributed by atoms with Crippen LogP contribution in [0.1, 0.15) is 44.7 Å². The summed E-state index contributed by atoms with van der Waals surface area (Å²) in [5.74, 6) is -2.67. The molecule has 1 aromatic carbocycles. The van der Waals surface area contributed by atoms with E-state index in [9.17, 15) is 35.2 Å². The number of likely N-dealkylation sites (tertiary alicyclic amines) is 1. The van der Waals surface area contributed by atoms with Gasteiger partial charge in [-0.3, -0.25) is 0 Å². The van der Waals surface area contributed by atoms with Gasteiger partial charge < -0.3 is 15.0 Å². The third-order valence-electron chi connectivity index (χ3n) is 6.54. The monoisotopic (exact) mass is 629 g/mol. The number of halogens is 5. The van der Waals surface area contributed by atoms with Gasteiger partial charge in [0, 0.05) is 30.1 Å². The lowest BCUT2D eigenvalue weighted by Gasteiger charge is -2.36. The Hall–Kier alpha value is -3.62. The van der Waals surface area contributed by atoms with Crippen LogP contribution in [0.3, 0.4) is 0 Å². The van der Waals surface area contributed by atoms with Crippen LogP contribution in [0.15, 0.2) is 30.5 Å². The summed E-state index contributed by atoms with van der Waals surface area (Å²) < 4.78 is 96.1. The van der Waals surface area contributed by atoms with E-state index >= 15 is 0 Å².